The van der Waals surface area contributed by atoms with Gasteiger partial charge in [-0.2, -0.15) is 4.31 Å². The summed E-state index contributed by atoms with van der Waals surface area (Å²) < 4.78 is 26.6. The Morgan fingerprint density at radius 3 is 2.47 bits per heavy atom. The van der Waals surface area contributed by atoms with Gasteiger partial charge in [0, 0.05) is 25.5 Å². The third-order valence-electron chi connectivity index (χ3n) is 3.73. The summed E-state index contributed by atoms with van der Waals surface area (Å²) >= 11 is 5.98. The van der Waals surface area contributed by atoms with E-state index in [2.05, 4.69) is 4.98 Å². The Morgan fingerprint density at radius 2 is 1.89 bits per heavy atom. The molecule has 0 N–H and O–H groups in total. The van der Waals surface area contributed by atoms with Crippen molar-refractivity contribution in [2.45, 2.75) is 49.5 Å². The predicted octanol–water partition coefficient (Wildman–Crippen LogP) is 3.08. The van der Waals surface area contributed by atoms with Crippen LogP contribution in [0.3, 0.4) is 0 Å². The minimum Gasteiger partial charge on any atom is -0.263 e. The molecule has 6 heteroatoms. The summed E-state index contributed by atoms with van der Waals surface area (Å²) in [6.07, 6.45) is 9.23. The van der Waals surface area contributed by atoms with Crippen LogP contribution < -0.4 is 0 Å². The molecule has 4 nitrogen and oxygen atoms in total. The van der Waals surface area contributed by atoms with Gasteiger partial charge in [-0.05, 0) is 18.9 Å². The lowest BCUT2D eigenvalue weighted by Gasteiger charge is -2.26. The maximum Gasteiger partial charge on any atom is 0.246 e. The summed E-state index contributed by atoms with van der Waals surface area (Å²) in [6, 6.07) is 1.58. The first kappa shape index (κ1) is 14.8. The summed E-state index contributed by atoms with van der Waals surface area (Å²) in [6.45, 7) is 0. The third-order valence-corrected chi connectivity index (χ3v) is 6.11. The number of hydrogen-bond acceptors (Lipinski definition) is 3. The maximum absolute atomic E-state index is 12.6. The summed E-state index contributed by atoms with van der Waals surface area (Å²) in [5.74, 6) is 0. The van der Waals surface area contributed by atoms with E-state index in [9.17, 15) is 8.42 Å². The minimum atomic E-state index is -3.55. The lowest BCUT2D eigenvalue weighted by molar-refractivity contribution is 0.335. The molecule has 0 bridgehead atoms. The van der Waals surface area contributed by atoms with Gasteiger partial charge in [0.2, 0.25) is 10.0 Å². The molecule has 0 saturated heterocycles. The van der Waals surface area contributed by atoms with Crippen molar-refractivity contribution in [2.24, 2.45) is 0 Å². The highest BCUT2D eigenvalue weighted by Gasteiger charge is 2.30. The van der Waals surface area contributed by atoms with Gasteiger partial charge in [0.25, 0.3) is 0 Å². The number of sulfonamides is 1. The summed E-state index contributed by atoms with van der Waals surface area (Å²) in [5, 5.41) is 0.232. The molecule has 19 heavy (non-hydrogen) atoms. The summed E-state index contributed by atoms with van der Waals surface area (Å²) in [4.78, 5) is 3.97. The molecule has 0 aliphatic heterocycles. The van der Waals surface area contributed by atoms with Crippen LogP contribution in [0, 0.1) is 0 Å². The highest BCUT2D eigenvalue weighted by atomic mass is 35.5. The molecule has 1 saturated carbocycles. The molecule has 1 heterocycles. The van der Waals surface area contributed by atoms with Crippen molar-refractivity contribution in [1.82, 2.24) is 9.29 Å². The van der Waals surface area contributed by atoms with Crippen molar-refractivity contribution in [1.29, 1.82) is 0 Å². The van der Waals surface area contributed by atoms with Gasteiger partial charge in [-0.3, -0.25) is 4.98 Å². The molecule has 0 atom stereocenters. The molecule has 1 aromatic rings. The van der Waals surface area contributed by atoms with E-state index in [4.69, 9.17) is 11.6 Å². The molecule has 1 fully saturated rings. The van der Waals surface area contributed by atoms with Gasteiger partial charge in [-0.15, -0.1) is 0 Å². The molecule has 2 rings (SSSR count). The van der Waals surface area contributed by atoms with E-state index in [0.29, 0.717) is 0 Å². The lowest BCUT2D eigenvalue weighted by Crippen LogP contribution is -2.36. The zero-order valence-corrected chi connectivity index (χ0v) is 12.6. The molecular weight excluding hydrogens is 284 g/mol. The molecule has 1 aromatic heterocycles. The number of hydrogen-bond donors (Lipinski definition) is 0. The van der Waals surface area contributed by atoms with Crippen molar-refractivity contribution in [3.63, 3.8) is 0 Å². The maximum atomic E-state index is 12.6. The van der Waals surface area contributed by atoms with Gasteiger partial charge in [0.05, 0.1) is 5.02 Å². The van der Waals surface area contributed by atoms with Crippen molar-refractivity contribution >= 4 is 21.6 Å². The van der Waals surface area contributed by atoms with E-state index in [1.807, 2.05) is 0 Å². The molecule has 1 aliphatic carbocycles. The van der Waals surface area contributed by atoms with Crippen LogP contribution in [0.15, 0.2) is 23.4 Å². The highest BCUT2D eigenvalue weighted by Crippen LogP contribution is 2.28. The zero-order chi connectivity index (χ0) is 13.9. The van der Waals surface area contributed by atoms with Gasteiger partial charge >= 0.3 is 0 Å². The average Bonchev–Trinajstić information content (AvgIpc) is 2.67. The van der Waals surface area contributed by atoms with Gasteiger partial charge in [0.15, 0.2) is 0 Å². The SMILES string of the molecule is CN(C1CCCCCC1)S(=O)(=O)c1cnccc1Cl. The molecule has 0 unspecified atom stereocenters. The Labute approximate surface area is 119 Å². The molecule has 0 spiro atoms. The average molecular weight is 303 g/mol. The van der Waals surface area contributed by atoms with E-state index < -0.39 is 10.0 Å². The number of pyridine rings is 1. The number of aromatic nitrogens is 1. The summed E-state index contributed by atoms with van der Waals surface area (Å²) in [5.41, 5.74) is 0. The Balaban J connectivity index is 2.26. The second-order valence-corrected chi connectivity index (χ2v) is 7.35. The topological polar surface area (TPSA) is 50.3 Å². The van der Waals surface area contributed by atoms with Gasteiger partial charge in [0.1, 0.15) is 4.90 Å². The van der Waals surface area contributed by atoms with E-state index in [1.165, 1.54) is 35.6 Å². The molecule has 0 amide bonds. The van der Waals surface area contributed by atoms with E-state index in [-0.39, 0.29) is 16.0 Å². The standard InChI is InChI=1S/C13H19ClN2O2S/c1-16(11-6-4-2-3-5-7-11)19(17,18)13-10-15-9-8-12(13)14/h8-11H,2-7H2,1H3. The van der Waals surface area contributed by atoms with E-state index in [1.54, 1.807) is 7.05 Å². The van der Waals surface area contributed by atoms with Crippen molar-refractivity contribution in [2.75, 3.05) is 7.05 Å². The minimum absolute atomic E-state index is 0.0729. The van der Waals surface area contributed by atoms with Crippen LogP contribution >= 0.6 is 11.6 Å². The fourth-order valence-corrected chi connectivity index (χ4v) is 4.35. The number of rotatable bonds is 3. The van der Waals surface area contributed by atoms with Gasteiger partial charge in [-0.1, -0.05) is 37.3 Å². The van der Waals surface area contributed by atoms with Gasteiger partial charge in [-0.25, -0.2) is 8.42 Å². The normalized spacial score (nSPS) is 18.5. The fourth-order valence-electron chi connectivity index (χ4n) is 2.53. The number of nitrogens with zero attached hydrogens (tertiary/aromatic N) is 2. The highest BCUT2D eigenvalue weighted by molar-refractivity contribution is 7.89. The van der Waals surface area contributed by atoms with Crippen LogP contribution in [0.2, 0.25) is 5.02 Å². The Hall–Kier alpha value is -0.650. The Morgan fingerprint density at radius 1 is 1.26 bits per heavy atom. The van der Waals surface area contributed by atoms with Crippen LogP contribution in [0.1, 0.15) is 38.5 Å². The number of halogens is 1. The Bertz CT molecular complexity index is 525. The van der Waals surface area contributed by atoms with E-state index in [0.717, 1.165) is 25.7 Å². The second kappa shape index (κ2) is 6.20. The van der Waals surface area contributed by atoms with Crippen LogP contribution in [-0.2, 0) is 10.0 Å². The zero-order valence-electron chi connectivity index (χ0n) is 11.0. The molecule has 1 aliphatic rings. The Kier molecular flexibility index (Phi) is 4.81. The van der Waals surface area contributed by atoms with Crippen LogP contribution in [0.4, 0.5) is 0 Å². The lowest BCUT2D eigenvalue weighted by atomic mass is 10.1. The quantitative estimate of drug-likeness (QED) is 0.806. The largest absolute Gasteiger partial charge is 0.263 e. The first-order valence-electron chi connectivity index (χ1n) is 6.61. The first-order valence-corrected chi connectivity index (χ1v) is 8.43. The van der Waals surface area contributed by atoms with Crippen LogP contribution in [-0.4, -0.2) is 30.8 Å². The van der Waals surface area contributed by atoms with Crippen molar-refractivity contribution < 1.29 is 8.42 Å². The summed E-state index contributed by atoms with van der Waals surface area (Å²) in [7, 11) is -1.90. The molecular formula is C13H19ClN2O2S. The first-order chi connectivity index (χ1) is 9.03. The van der Waals surface area contributed by atoms with E-state index >= 15 is 0 Å². The smallest absolute Gasteiger partial charge is 0.246 e. The van der Waals surface area contributed by atoms with Crippen LogP contribution in [0.25, 0.3) is 0 Å². The van der Waals surface area contributed by atoms with Crippen molar-refractivity contribution in [3.05, 3.63) is 23.5 Å². The molecule has 106 valence electrons. The van der Waals surface area contributed by atoms with Gasteiger partial charge < -0.3 is 0 Å². The monoisotopic (exact) mass is 302 g/mol. The van der Waals surface area contributed by atoms with Crippen LogP contribution in [0.5, 0.6) is 0 Å². The molecule has 0 aromatic carbocycles. The second-order valence-electron chi connectivity index (χ2n) is 4.97. The third kappa shape index (κ3) is 3.27. The molecule has 0 radical (unpaired) electrons. The fraction of sp³-hybridized carbons (Fsp3) is 0.615. The predicted molar refractivity (Wildman–Crippen MR) is 75.7 cm³/mol. The van der Waals surface area contributed by atoms with Crippen molar-refractivity contribution in [3.8, 4) is 0 Å².